The molecule has 1 aromatic rings. The fourth-order valence-corrected chi connectivity index (χ4v) is 3.42. The molecule has 1 aromatic heterocycles. The lowest BCUT2D eigenvalue weighted by molar-refractivity contribution is -0.150. The van der Waals surface area contributed by atoms with Gasteiger partial charge in [0.2, 0.25) is 0 Å². The minimum absolute atomic E-state index is 0.0143. The number of amides is 1. The number of piperidine rings is 1. The summed E-state index contributed by atoms with van der Waals surface area (Å²) in [4.78, 5) is 25.2. The van der Waals surface area contributed by atoms with E-state index in [9.17, 15) is 9.59 Å². The van der Waals surface area contributed by atoms with Crippen molar-refractivity contribution >= 4 is 11.9 Å². The Morgan fingerprint density at radius 2 is 1.91 bits per heavy atom. The second kappa shape index (κ2) is 6.12. The second-order valence-corrected chi connectivity index (χ2v) is 6.18. The number of carboxylic acid groups (broad SMARTS) is 1. The highest BCUT2D eigenvalue weighted by Crippen LogP contribution is 2.32. The first-order valence-electron chi connectivity index (χ1n) is 7.76. The molecular weight excluding hydrogens is 286 g/mol. The van der Waals surface area contributed by atoms with Gasteiger partial charge in [-0.25, -0.2) is 4.79 Å². The lowest BCUT2D eigenvalue weighted by Gasteiger charge is -2.34. The fraction of sp³-hybridized carbons (Fsp3) is 0.625. The van der Waals surface area contributed by atoms with Crippen LogP contribution < -0.4 is 0 Å². The number of likely N-dealkylation sites (tertiary alicyclic amines) is 1. The topological polar surface area (TPSA) is 80.0 Å². The molecule has 2 saturated heterocycles. The molecule has 2 atom stereocenters. The third kappa shape index (κ3) is 2.88. The highest BCUT2D eigenvalue weighted by Gasteiger charge is 2.37. The van der Waals surface area contributed by atoms with Crippen LogP contribution in [0.2, 0.25) is 0 Å². The van der Waals surface area contributed by atoms with Gasteiger partial charge >= 0.3 is 5.97 Å². The van der Waals surface area contributed by atoms with Crippen molar-refractivity contribution in [3.8, 4) is 0 Å². The van der Waals surface area contributed by atoms with Crippen molar-refractivity contribution in [3.63, 3.8) is 0 Å². The Labute approximate surface area is 129 Å². The molecule has 2 aliphatic rings. The molecule has 120 valence electrons. The van der Waals surface area contributed by atoms with E-state index in [0.717, 1.165) is 24.8 Å². The Kier molecular flexibility index (Phi) is 4.20. The number of aryl methyl sites for hydroxylation is 1. The molecule has 22 heavy (non-hydrogen) atoms. The Morgan fingerprint density at radius 1 is 1.18 bits per heavy atom. The van der Waals surface area contributed by atoms with Crippen molar-refractivity contribution in [1.82, 2.24) is 4.90 Å². The Morgan fingerprint density at radius 3 is 2.45 bits per heavy atom. The summed E-state index contributed by atoms with van der Waals surface area (Å²) < 4.78 is 10.7. The molecule has 0 aromatic carbocycles. The minimum Gasteiger partial charge on any atom is -0.479 e. The van der Waals surface area contributed by atoms with Crippen molar-refractivity contribution in [2.75, 3.05) is 13.1 Å². The first-order chi connectivity index (χ1) is 10.6. The summed E-state index contributed by atoms with van der Waals surface area (Å²) in [6.07, 6.45) is 5.57. The van der Waals surface area contributed by atoms with Gasteiger partial charge in [-0.15, -0.1) is 0 Å². The minimum atomic E-state index is -0.870. The van der Waals surface area contributed by atoms with Gasteiger partial charge < -0.3 is 19.2 Å². The molecule has 1 N–H and O–H groups in total. The van der Waals surface area contributed by atoms with Gasteiger partial charge in [-0.1, -0.05) is 0 Å². The fourth-order valence-electron chi connectivity index (χ4n) is 3.42. The molecule has 3 heterocycles. The number of carbonyl (C=O) groups is 2. The SMILES string of the molecule is Cc1cocc1C(=O)N1CCC([C@@H]2CC[C@H](C(=O)O)O2)CC1. The monoisotopic (exact) mass is 307 g/mol. The predicted octanol–water partition coefficient (Wildman–Crippen LogP) is 2.07. The number of rotatable bonds is 3. The number of hydrogen-bond donors (Lipinski definition) is 1. The van der Waals surface area contributed by atoms with E-state index >= 15 is 0 Å². The first-order valence-corrected chi connectivity index (χ1v) is 7.76. The van der Waals surface area contributed by atoms with Crippen LogP contribution in [-0.2, 0) is 9.53 Å². The molecule has 2 fully saturated rings. The summed E-state index contributed by atoms with van der Waals surface area (Å²) in [5.41, 5.74) is 1.48. The van der Waals surface area contributed by atoms with Crippen LogP contribution in [0.3, 0.4) is 0 Å². The normalized spacial score (nSPS) is 26.3. The zero-order chi connectivity index (χ0) is 15.7. The van der Waals surface area contributed by atoms with Crippen LogP contribution in [0.5, 0.6) is 0 Å². The maximum absolute atomic E-state index is 12.4. The van der Waals surface area contributed by atoms with Crippen LogP contribution in [0.4, 0.5) is 0 Å². The van der Waals surface area contributed by atoms with Crippen molar-refractivity contribution in [2.24, 2.45) is 5.92 Å². The van der Waals surface area contributed by atoms with E-state index in [2.05, 4.69) is 0 Å². The van der Waals surface area contributed by atoms with Gasteiger partial charge in [-0.05, 0) is 44.1 Å². The number of aliphatic carboxylic acids is 1. The number of carbonyl (C=O) groups excluding carboxylic acids is 1. The molecule has 2 aliphatic heterocycles. The maximum atomic E-state index is 12.4. The van der Waals surface area contributed by atoms with Gasteiger partial charge in [-0.2, -0.15) is 0 Å². The van der Waals surface area contributed by atoms with Crippen LogP contribution in [-0.4, -0.2) is 47.2 Å². The summed E-state index contributed by atoms with van der Waals surface area (Å²) in [6.45, 7) is 3.24. The van der Waals surface area contributed by atoms with Gasteiger partial charge in [0, 0.05) is 13.1 Å². The van der Waals surface area contributed by atoms with E-state index in [1.807, 2.05) is 11.8 Å². The van der Waals surface area contributed by atoms with Crippen LogP contribution >= 0.6 is 0 Å². The molecule has 0 spiro atoms. The Bertz CT molecular complexity index is 559. The van der Waals surface area contributed by atoms with E-state index in [1.165, 1.54) is 6.26 Å². The molecular formula is C16H21NO5. The van der Waals surface area contributed by atoms with Gasteiger partial charge in [0.1, 0.15) is 6.26 Å². The summed E-state index contributed by atoms with van der Waals surface area (Å²) >= 11 is 0. The number of nitrogens with zero attached hydrogens (tertiary/aromatic N) is 1. The average Bonchev–Trinajstić information content (AvgIpc) is 3.15. The second-order valence-electron chi connectivity index (χ2n) is 6.18. The largest absolute Gasteiger partial charge is 0.479 e. The smallest absolute Gasteiger partial charge is 0.332 e. The quantitative estimate of drug-likeness (QED) is 0.924. The van der Waals surface area contributed by atoms with Crippen molar-refractivity contribution in [3.05, 3.63) is 23.7 Å². The third-order valence-electron chi connectivity index (χ3n) is 4.77. The summed E-state index contributed by atoms with van der Waals surface area (Å²) in [7, 11) is 0. The van der Waals surface area contributed by atoms with Crippen LogP contribution in [0, 0.1) is 12.8 Å². The van der Waals surface area contributed by atoms with Crippen molar-refractivity contribution in [1.29, 1.82) is 0 Å². The summed E-state index contributed by atoms with van der Waals surface area (Å²) in [5, 5.41) is 8.99. The van der Waals surface area contributed by atoms with E-state index in [-0.39, 0.29) is 12.0 Å². The average molecular weight is 307 g/mol. The summed E-state index contributed by atoms with van der Waals surface area (Å²) in [5.74, 6) is -0.509. The predicted molar refractivity (Wildman–Crippen MR) is 77.6 cm³/mol. The maximum Gasteiger partial charge on any atom is 0.332 e. The number of hydrogen-bond acceptors (Lipinski definition) is 4. The Hall–Kier alpha value is -1.82. The van der Waals surface area contributed by atoms with E-state index in [0.29, 0.717) is 31.0 Å². The molecule has 0 bridgehead atoms. The van der Waals surface area contributed by atoms with E-state index in [4.69, 9.17) is 14.3 Å². The van der Waals surface area contributed by atoms with E-state index in [1.54, 1.807) is 6.26 Å². The summed E-state index contributed by atoms with van der Waals surface area (Å²) in [6, 6.07) is 0. The zero-order valence-corrected chi connectivity index (χ0v) is 12.7. The Balaban J connectivity index is 1.54. The third-order valence-corrected chi connectivity index (χ3v) is 4.77. The molecule has 1 amide bonds. The molecule has 6 heteroatoms. The number of carboxylic acids is 1. The van der Waals surface area contributed by atoms with Crippen molar-refractivity contribution < 1.29 is 23.8 Å². The molecule has 0 aliphatic carbocycles. The van der Waals surface area contributed by atoms with Crippen LogP contribution in [0.15, 0.2) is 16.9 Å². The van der Waals surface area contributed by atoms with Gasteiger partial charge in [0.15, 0.2) is 6.10 Å². The molecule has 0 saturated carbocycles. The molecule has 3 rings (SSSR count). The number of ether oxygens (including phenoxy) is 1. The lowest BCUT2D eigenvalue weighted by atomic mass is 9.89. The molecule has 0 unspecified atom stereocenters. The van der Waals surface area contributed by atoms with Crippen molar-refractivity contribution in [2.45, 2.75) is 44.8 Å². The van der Waals surface area contributed by atoms with Gasteiger partial charge in [-0.3, -0.25) is 4.79 Å². The first kappa shape index (κ1) is 15.1. The standard InChI is InChI=1S/C16H21NO5/c1-10-8-21-9-12(10)15(18)17-6-4-11(5-7-17)13-2-3-14(22-13)16(19)20/h8-9,11,13-14H,2-7H2,1H3,(H,19,20)/t13-,14+/m0/s1. The molecule has 6 nitrogen and oxygen atoms in total. The zero-order valence-electron chi connectivity index (χ0n) is 12.7. The van der Waals surface area contributed by atoms with Crippen LogP contribution in [0.1, 0.15) is 41.6 Å². The van der Waals surface area contributed by atoms with Gasteiger partial charge in [0.05, 0.1) is 17.9 Å². The highest BCUT2D eigenvalue weighted by molar-refractivity contribution is 5.95. The lowest BCUT2D eigenvalue weighted by Crippen LogP contribution is -2.41. The van der Waals surface area contributed by atoms with Gasteiger partial charge in [0.25, 0.3) is 5.91 Å². The van der Waals surface area contributed by atoms with Crippen LogP contribution in [0.25, 0.3) is 0 Å². The number of furan rings is 1. The van der Waals surface area contributed by atoms with E-state index < -0.39 is 12.1 Å². The molecule has 0 radical (unpaired) electrons. The highest BCUT2D eigenvalue weighted by atomic mass is 16.5.